The van der Waals surface area contributed by atoms with Crippen molar-refractivity contribution in [1.29, 1.82) is 0 Å². The Morgan fingerprint density at radius 2 is 1.94 bits per heavy atom. The Morgan fingerprint density at radius 3 is 2.61 bits per heavy atom. The van der Waals surface area contributed by atoms with E-state index in [0.29, 0.717) is 11.9 Å². The van der Waals surface area contributed by atoms with E-state index in [0.717, 1.165) is 18.9 Å². The molecule has 0 amide bonds. The highest BCUT2D eigenvalue weighted by Gasteiger charge is 2.14. The van der Waals surface area contributed by atoms with Crippen molar-refractivity contribution in [2.45, 2.75) is 32.1 Å². The van der Waals surface area contributed by atoms with Gasteiger partial charge in [0.15, 0.2) is 0 Å². The molecule has 100 valence electrons. The summed E-state index contributed by atoms with van der Waals surface area (Å²) in [7, 11) is 1.51. The number of anilines is 2. The largest absolute Gasteiger partial charge is 0.467 e. The first-order valence-corrected chi connectivity index (χ1v) is 6.32. The maximum Gasteiger partial charge on any atom is 0.322 e. The topological polar surface area (TPSA) is 98.0 Å². The lowest BCUT2D eigenvalue weighted by molar-refractivity contribution is 0.379. The van der Waals surface area contributed by atoms with Crippen molar-refractivity contribution >= 4 is 11.9 Å². The fraction of sp³-hybridized carbons (Fsp3) is 0.727. The first kappa shape index (κ1) is 12.8. The second-order valence-corrected chi connectivity index (χ2v) is 4.48. The molecule has 2 rings (SSSR count). The van der Waals surface area contributed by atoms with Crippen molar-refractivity contribution < 1.29 is 4.74 Å². The Hall–Kier alpha value is -1.63. The van der Waals surface area contributed by atoms with E-state index in [4.69, 9.17) is 10.6 Å². The maximum absolute atomic E-state index is 5.28. The molecule has 1 saturated carbocycles. The van der Waals surface area contributed by atoms with Crippen LogP contribution in [-0.4, -0.2) is 28.6 Å². The number of hydrogen-bond donors (Lipinski definition) is 3. The summed E-state index contributed by atoms with van der Waals surface area (Å²) in [4.78, 5) is 12.2. The van der Waals surface area contributed by atoms with Gasteiger partial charge in [0.1, 0.15) is 0 Å². The van der Waals surface area contributed by atoms with Crippen molar-refractivity contribution in [3.63, 3.8) is 0 Å². The van der Waals surface area contributed by atoms with Gasteiger partial charge in [-0.2, -0.15) is 15.0 Å². The molecule has 0 unspecified atom stereocenters. The maximum atomic E-state index is 5.28. The number of nitrogen functional groups attached to an aromatic ring is 1. The first-order chi connectivity index (χ1) is 8.81. The van der Waals surface area contributed by atoms with Crippen LogP contribution < -0.4 is 21.3 Å². The van der Waals surface area contributed by atoms with Crippen LogP contribution in [0.5, 0.6) is 6.01 Å². The van der Waals surface area contributed by atoms with Crippen molar-refractivity contribution in [1.82, 2.24) is 15.0 Å². The summed E-state index contributed by atoms with van der Waals surface area (Å²) in [6, 6.07) is 0.251. The van der Waals surface area contributed by atoms with E-state index in [-0.39, 0.29) is 6.01 Å². The third-order valence-electron chi connectivity index (χ3n) is 3.24. The fourth-order valence-corrected chi connectivity index (χ4v) is 2.28. The van der Waals surface area contributed by atoms with Crippen molar-refractivity contribution in [3.8, 4) is 6.01 Å². The van der Waals surface area contributed by atoms with Crippen molar-refractivity contribution in [2.75, 3.05) is 24.4 Å². The van der Waals surface area contributed by atoms with Gasteiger partial charge in [0.05, 0.1) is 7.11 Å². The van der Waals surface area contributed by atoms with Gasteiger partial charge in [-0.25, -0.2) is 5.84 Å². The average molecular weight is 252 g/mol. The summed E-state index contributed by atoms with van der Waals surface area (Å²) in [5.74, 6) is 6.92. The quantitative estimate of drug-likeness (QED) is 0.516. The van der Waals surface area contributed by atoms with Crippen LogP contribution in [0.1, 0.15) is 32.1 Å². The van der Waals surface area contributed by atoms with Crippen LogP contribution in [0.4, 0.5) is 11.9 Å². The molecule has 1 aliphatic rings. The van der Waals surface area contributed by atoms with E-state index in [1.54, 1.807) is 0 Å². The van der Waals surface area contributed by atoms with Crippen LogP contribution in [0.15, 0.2) is 0 Å². The van der Waals surface area contributed by atoms with Gasteiger partial charge in [-0.3, -0.25) is 5.43 Å². The van der Waals surface area contributed by atoms with Crippen molar-refractivity contribution in [3.05, 3.63) is 0 Å². The zero-order valence-electron chi connectivity index (χ0n) is 10.6. The molecular weight excluding hydrogens is 232 g/mol. The summed E-state index contributed by atoms with van der Waals surface area (Å²) in [6.45, 7) is 0.863. The Labute approximate surface area is 107 Å². The van der Waals surface area contributed by atoms with E-state index < -0.39 is 0 Å². The molecule has 18 heavy (non-hydrogen) atoms. The Balaban J connectivity index is 1.87. The first-order valence-electron chi connectivity index (χ1n) is 6.32. The summed E-state index contributed by atoms with van der Waals surface area (Å²) < 4.78 is 4.98. The van der Waals surface area contributed by atoms with Crippen LogP contribution in [0, 0.1) is 5.92 Å². The van der Waals surface area contributed by atoms with Gasteiger partial charge >= 0.3 is 6.01 Å². The smallest absolute Gasteiger partial charge is 0.322 e. The van der Waals surface area contributed by atoms with Crippen LogP contribution in [0.3, 0.4) is 0 Å². The molecule has 1 aromatic heterocycles. The molecule has 4 N–H and O–H groups in total. The monoisotopic (exact) mass is 252 g/mol. The summed E-state index contributed by atoms with van der Waals surface area (Å²) in [6.07, 6.45) is 6.58. The molecule has 1 aliphatic carbocycles. The Morgan fingerprint density at radius 1 is 1.22 bits per heavy atom. The molecule has 0 bridgehead atoms. The average Bonchev–Trinajstić information content (AvgIpc) is 2.91. The molecule has 1 aromatic rings. The minimum atomic E-state index is 0.251. The van der Waals surface area contributed by atoms with Gasteiger partial charge < -0.3 is 10.1 Å². The van der Waals surface area contributed by atoms with E-state index in [9.17, 15) is 0 Å². The van der Waals surface area contributed by atoms with Crippen LogP contribution in [0.25, 0.3) is 0 Å². The zero-order chi connectivity index (χ0) is 12.8. The van der Waals surface area contributed by atoms with Gasteiger partial charge in [0.2, 0.25) is 11.9 Å². The normalized spacial score (nSPS) is 15.7. The SMILES string of the molecule is COc1nc(NN)nc(NCCC2CCCC2)n1. The molecular formula is C11H20N6O. The zero-order valence-corrected chi connectivity index (χ0v) is 10.6. The van der Waals surface area contributed by atoms with Gasteiger partial charge in [0.25, 0.3) is 0 Å². The molecule has 0 aromatic carbocycles. The van der Waals surface area contributed by atoms with E-state index >= 15 is 0 Å². The minimum absolute atomic E-state index is 0.251. The number of nitrogens with zero attached hydrogens (tertiary/aromatic N) is 3. The molecule has 7 nitrogen and oxygen atoms in total. The fourth-order valence-electron chi connectivity index (χ4n) is 2.28. The minimum Gasteiger partial charge on any atom is -0.467 e. The van der Waals surface area contributed by atoms with E-state index in [1.807, 2.05) is 0 Å². The van der Waals surface area contributed by atoms with Crippen molar-refractivity contribution in [2.24, 2.45) is 11.8 Å². The Kier molecular flexibility index (Phi) is 4.52. The Bertz CT molecular complexity index is 358. The molecule has 0 aliphatic heterocycles. The number of nitrogens with two attached hydrogens (primary N) is 1. The second kappa shape index (κ2) is 6.34. The molecule has 1 heterocycles. The highest BCUT2D eigenvalue weighted by atomic mass is 16.5. The number of nitrogens with one attached hydrogen (secondary N) is 2. The number of methoxy groups -OCH3 is 1. The lowest BCUT2D eigenvalue weighted by atomic mass is 10.0. The number of ether oxygens (including phenoxy) is 1. The molecule has 0 spiro atoms. The third kappa shape index (κ3) is 3.43. The predicted octanol–water partition coefficient (Wildman–Crippen LogP) is 1.16. The lowest BCUT2D eigenvalue weighted by Crippen LogP contribution is -2.15. The van der Waals surface area contributed by atoms with Gasteiger partial charge in [-0.05, 0) is 12.3 Å². The number of rotatable bonds is 6. The van der Waals surface area contributed by atoms with Gasteiger partial charge in [-0.1, -0.05) is 25.7 Å². The molecule has 0 radical (unpaired) electrons. The lowest BCUT2D eigenvalue weighted by Gasteiger charge is -2.10. The standard InChI is InChI=1S/C11H20N6O/c1-18-11-15-9(14-10(16-11)17-12)13-7-6-8-4-2-3-5-8/h8H,2-7,12H2,1H3,(H2,13,14,15,16,17). The molecule has 1 fully saturated rings. The highest BCUT2D eigenvalue weighted by molar-refractivity contribution is 5.34. The number of hydrazine groups is 1. The summed E-state index contributed by atoms with van der Waals surface area (Å²) in [5, 5.41) is 3.18. The van der Waals surface area contributed by atoms with Gasteiger partial charge in [0, 0.05) is 6.54 Å². The summed E-state index contributed by atoms with van der Waals surface area (Å²) in [5.41, 5.74) is 2.39. The van der Waals surface area contributed by atoms with E-state index in [2.05, 4.69) is 25.7 Å². The van der Waals surface area contributed by atoms with E-state index in [1.165, 1.54) is 32.8 Å². The molecule has 0 atom stereocenters. The predicted molar refractivity (Wildman–Crippen MR) is 69.3 cm³/mol. The van der Waals surface area contributed by atoms with Gasteiger partial charge in [-0.15, -0.1) is 0 Å². The highest BCUT2D eigenvalue weighted by Crippen LogP contribution is 2.27. The van der Waals surface area contributed by atoms with Crippen LogP contribution >= 0.6 is 0 Å². The summed E-state index contributed by atoms with van der Waals surface area (Å²) >= 11 is 0. The molecule has 0 saturated heterocycles. The third-order valence-corrected chi connectivity index (χ3v) is 3.24. The molecule has 7 heteroatoms. The van der Waals surface area contributed by atoms with Crippen LogP contribution in [0.2, 0.25) is 0 Å². The van der Waals surface area contributed by atoms with Crippen LogP contribution in [-0.2, 0) is 0 Å². The number of aromatic nitrogens is 3. The second-order valence-electron chi connectivity index (χ2n) is 4.48. The number of hydrogen-bond acceptors (Lipinski definition) is 7.